The maximum atomic E-state index is 12.1. The van der Waals surface area contributed by atoms with Gasteiger partial charge in [0.1, 0.15) is 5.01 Å². The minimum absolute atomic E-state index is 0.345. The maximum absolute atomic E-state index is 12.1. The summed E-state index contributed by atoms with van der Waals surface area (Å²) < 4.78 is 1.18. The molecule has 1 amide bonds. The Morgan fingerprint density at radius 3 is 2.11 bits per heavy atom. The molecule has 3 nitrogen and oxygen atoms in total. The summed E-state index contributed by atoms with van der Waals surface area (Å²) in [4.78, 5) is 16.8. The van der Waals surface area contributed by atoms with Gasteiger partial charge in [-0.1, -0.05) is 60.2 Å². The summed E-state index contributed by atoms with van der Waals surface area (Å²) in [5.74, 6) is -0.792. The lowest BCUT2D eigenvalue weighted by Crippen LogP contribution is -2.22. The molecule has 1 aromatic heterocycles. The van der Waals surface area contributed by atoms with Crippen LogP contribution in [0.4, 0.5) is 0 Å². The van der Waals surface area contributed by atoms with Crippen molar-refractivity contribution in [2.45, 2.75) is 19.8 Å². The van der Waals surface area contributed by atoms with Crippen LogP contribution in [-0.2, 0) is 4.79 Å². The Morgan fingerprint density at radius 1 is 0.889 bits per heavy atom. The predicted molar refractivity (Wildman–Crippen MR) is 112 cm³/mol. The summed E-state index contributed by atoms with van der Waals surface area (Å²) in [6.45, 7) is 4.11. The number of nitrogens with zero attached hydrogens (tertiary/aromatic N) is 1. The molecule has 1 atom stereocenters. The Hall–Kier alpha value is -2.98. The fraction of sp³-hybridized carbons (Fsp3) is 0.130. The first-order valence-corrected chi connectivity index (χ1v) is 9.66. The first kappa shape index (κ1) is 17.4. The van der Waals surface area contributed by atoms with Crippen LogP contribution >= 0.6 is 11.3 Å². The molecule has 0 aliphatic carbocycles. The number of fused-ring (bicyclic) bond motifs is 1. The van der Waals surface area contributed by atoms with E-state index in [1.165, 1.54) is 10.3 Å². The van der Waals surface area contributed by atoms with Crippen LogP contribution < -0.4 is 5.73 Å². The second-order valence-electron chi connectivity index (χ2n) is 6.86. The van der Waals surface area contributed by atoms with Gasteiger partial charge in [0.2, 0.25) is 5.91 Å². The summed E-state index contributed by atoms with van der Waals surface area (Å²) in [6.07, 6.45) is 0. The fourth-order valence-electron chi connectivity index (χ4n) is 3.25. The van der Waals surface area contributed by atoms with Crippen molar-refractivity contribution in [3.63, 3.8) is 0 Å². The summed E-state index contributed by atoms with van der Waals surface area (Å²) in [5, 5.41) is 0.980. The molecule has 27 heavy (non-hydrogen) atoms. The minimum atomic E-state index is -0.447. The molecule has 1 unspecified atom stereocenters. The number of carbonyl (C=O) groups is 1. The number of carbonyl (C=O) groups excluding carboxylic acids is 1. The van der Waals surface area contributed by atoms with Crippen LogP contribution in [0.1, 0.15) is 28.2 Å². The third-order valence-corrected chi connectivity index (χ3v) is 5.80. The lowest BCUT2D eigenvalue weighted by atomic mass is 9.90. The van der Waals surface area contributed by atoms with Crippen LogP contribution in [0.5, 0.6) is 0 Å². The normalized spacial score (nSPS) is 12.2. The van der Waals surface area contributed by atoms with Crippen LogP contribution in [0.25, 0.3) is 20.8 Å². The van der Waals surface area contributed by atoms with Crippen LogP contribution in [0.2, 0.25) is 0 Å². The summed E-state index contributed by atoms with van der Waals surface area (Å²) in [5.41, 5.74) is 12.0. The molecule has 0 radical (unpaired) electrons. The van der Waals surface area contributed by atoms with E-state index in [4.69, 9.17) is 10.7 Å². The Labute approximate surface area is 162 Å². The third-order valence-electron chi connectivity index (χ3n) is 4.73. The molecule has 0 saturated heterocycles. The highest BCUT2D eigenvalue weighted by Crippen LogP contribution is 2.32. The molecule has 0 aliphatic rings. The zero-order valence-electron chi connectivity index (χ0n) is 15.3. The van der Waals surface area contributed by atoms with Crippen molar-refractivity contribution in [3.05, 3.63) is 89.0 Å². The first-order valence-electron chi connectivity index (χ1n) is 8.85. The highest BCUT2D eigenvalue weighted by molar-refractivity contribution is 7.21. The largest absolute Gasteiger partial charge is 0.369 e. The van der Waals surface area contributed by atoms with E-state index in [2.05, 4.69) is 25.1 Å². The van der Waals surface area contributed by atoms with E-state index in [1.54, 1.807) is 11.3 Å². The van der Waals surface area contributed by atoms with E-state index in [-0.39, 0.29) is 5.91 Å². The predicted octanol–water partition coefficient (Wildman–Crippen LogP) is 5.20. The molecular formula is C23H20N2OS. The van der Waals surface area contributed by atoms with Crippen LogP contribution in [0.15, 0.2) is 66.7 Å². The van der Waals surface area contributed by atoms with E-state index in [9.17, 15) is 4.79 Å². The molecule has 0 fully saturated rings. The first-order chi connectivity index (χ1) is 13.0. The molecule has 0 bridgehead atoms. The van der Waals surface area contributed by atoms with Gasteiger partial charge in [-0.2, -0.15) is 0 Å². The van der Waals surface area contributed by atoms with Gasteiger partial charge in [-0.05, 0) is 42.7 Å². The monoisotopic (exact) mass is 372 g/mol. The van der Waals surface area contributed by atoms with Crippen LogP contribution in [-0.4, -0.2) is 10.9 Å². The molecule has 2 N–H and O–H groups in total. The quantitative estimate of drug-likeness (QED) is 0.535. The van der Waals surface area contributed by atoms with E-state index >= 15 is 0 Å². The zero-order chi connectivity index (χ0) is 19.0. The standard InChI is InChI=1S/C23H20N2OS/c1-14-3-6-16(7-4-14)21(22(24)26)17-8-10-18(11-9-17)23-25-19-12-5-15(2)13-20(19)27-23/h3-13,21H,1-2H3,(H2,24,26). The van der Waals surface area contributed by atoms with E-state index in [1.807, 2.05) is 55.5 Å². The average Bonchev–Trinajstić information content (AvgIpc) is 3.07. The Kier molecular flexibility index (Phi) is 4.50. The van der Waals surface area contributed by atoms with E-state index < -0.39 is 5.92 Å². The highest BCUT2D eigenvalue weighted by Gasteiger charge is 2.20. The van der Waals surface area contributed by atoms with Crippen LogP contribution in [0, 0.1) is 13.8 Å². The number of primary amides is 1. The Bertz CT molecular complexity index is 1110. The van der Waals surface area contributed by atoms with Crippen LogP contribution in [0.3, 0.4) is 0 Å². The number of amides is 1. The van der Waals surface area contributed by atoms with Crippen molar-refractivity contribution in [2.75, 3.05) is 0 Å². The van der Waals surface area contributed by atoms with Gasteiger partial charge in [0, 0.05) is 5.56 Å². The molecule has 134 valence electrons. The summed E-state index contributed by atoms with van der Waals surface area (Å²) in [7, 11) is 0. The molecule has 0 saturated carbocycles. The topological polar surface area (TPSA) is 56.0 Å². The molecule has 1 heterocycles. The van der Waals surface area contributed by atoms with Gasteiger partial charge in [-0.25, -0.2) is 4.98 Å². The number of nitrogens with two attached hydrogens (primary N) is 1. The van der Waals surface area contributed by atoms with Crippen molar-refractivity contribution in [1.82, 2.24) is 4.98 Å². The lowest BCUT2D eigenvalue weighted by Gasteiger charge is -2.15. The van der Waals surface area contributed by atoms with Crippen molar-refractivity contribution in [1.29, 1.82) is 0 Å². The SMILES string of the molecule is Cc1ccc(C(C(N)=O)c2ccc(-c3nc4ccc(C)cc4s3)cc2)cc1. The van der Waals surface area contributed by atoms with E-state index in [0.29, 0.717) is 0 Å². The second kappa shape index (κ2) is 6.97. The van der Waals surface area contributed by atoms with Gasteiger partial charge in [0.25, 0.3) is 0 Å². The molecule has 4 aromatic rings. The minimum Gasteiger partial charge on any atom is -0.369 e. The summed E-state index contributed by atoms with van der Waals surface area (Å²) in [6, 6.07) is 22.2. The summed E-state index contributed by atoms with van der Waals surface area (Å²) >= 11 is 1.68. The number of benzene rings is 3. The van der Waals surface area contributed by atoms with Crippen molar-refractivity contribution in [3.8, 4) is 10.6 Å². The number of thiazole rings is 1. The Morgan fingerprint density at radius 2 is 1.48 bits per heavy atom. The number of hydrogen-bond acceptors (Lipinski definition) is 3. The maximum Gasteiger partial charge on any atom is 0.229 e. The second-order valence-corrected chi connectivity index (χ2v) is 7.89. The smallest absolute Gasteiger partial charge is 0.229 e. The van der Waals surface area contributed by atoms with Gasteiger partial charge in [-0.3, -0.25) is 4.79 Å². The van der Waals surface area contributed by atoms with E-state index in [0.717, 1.165) is 32.8 Å². The lowest BCUT2D eigenvalue weighted by molar-refractivity contribution is -0.118. The molecule has 3 aromatic carbocycles. The molecule has 4 rings (SSSR count). The van der Waals surface area contributed by atoms with Gasteiger partial charge in [-0.15, -0.1) is 11.3 Å². The van der Waals surface area contributed by atoms with Crippen molar-refractivity contribution >= 4 is 27.5 Å². The number of aryl methyl sites for hydroxylation is 2. The third kappa shape index (κ3) is 3.49. The Balaban J connectivity index is 1.69. The molecular weight excluding hydrogens is 352 g/mol. The van der Waals surface area contributed by atoms with Crippen molar-refractivity contribution < 1.29 is 4.79 Å². The molecule has 4 heteroatoms. The fourth-order valence-corrected chi connectivity index (χ4v) is 4.32. The van der Waals surface area contributed by atoms with Gasteiger partial charge in [0.15, 0.2) is 0 Å². The van der Waals surface area contributed by atoms with Crippen molar-refractivity contribution in [2.24, 2.45) is 5.73 Å². The number of hydrogen-bond donors (Lipinski definition) is 1. The molecule has 0 aliphatic heterocycles. The molecule has 0 spiro atoms. The van der Waals surface area contributed by atoms with Gasteiger partial charge in [0.05, 0.1) is 16.1 Å². The van der Waals surface area contributed by atoms with Gasteiger partial charge < -0.3 is 5.73 Å². The van der Waals surface area contributed by atoms with Gasteiger partial charge >= 0.3 is 0 Å². The number of rotatable bonds is 4. The highest BCUT2D eigenvalue weighted by atomic mass is 32.1. The number of aromatic nitrogens is 1. The average molecular weight is 372 g/mol. The zero-order valence-corrected chi connectivity index (χ0v) is 16.1.